The molecule has 1 aliphatic rings. The van der Waals surface area contributed by atoms with E-state index < -0.39 is 0 Å². The number of aromatic nitrogens is 1. The van der Waals surface area contributed by atoms with E-state index in [-0.39, 0.29) is 5.41 Å². The number of hydrogen-bond donors (Lipinski definition) is 1. The lowest BCUT2D eigenvalue weighted by Crippen LogP contribution is -2.38. The first-order valence-electron chi connectivity index (χ1n) is 6.86. The minimum Gasteiger partial charge on any atom is -0.357 e. The van der Waals surface area contributed by atoms with Gasteiger partial charge in [-0.05, 0) is 37.0 Å². The zero-order chi connectivity index (χ0) is 13.3. The molecule has 0 aromatic carbocycles. The van der Waals surface area contributed by atoms with Crippen molar-refractivity contribution in [1.29, 1.82) is 0 Å². The highest BCUT2D eigenvalue weighted by Crippen LogP contribution is 2.30. The first-order chi connectivity index (χ1) is 8.41. The minimum absolute atomic E-state index is 0.0698. The Balaban J connectivity index is 2.34. The highest BCUT2D eigenvalue weighted by Gasteiger charge is 2.24. The summed E-state index contributed by atoms with van der Waals surface area (Å²) >= 11 is 0. The lowest BCUT2D eigenvalue weighted by atomic mass is 9.90. The van der Waals surface area contributed by atoms with E-state index in [0.717, 1.165) is 11.5 Å². The van der Waals surface area contributed by atoms with Crippen molar-refractivity contribution in [2.24, 2.45) is 5.73 Å². The Kier molecular flexibility index (Phi) is 3.62. The summed E-state index contributed by atoms with van der Waals surface area (Å²) in [5.74, 6) is 1.08. The maximum atomic E-state index is 5.81. The molecule has 1 aromatic heterocycles. The zero-order valence-corrected chi connectivity index (χ0v) is 12.0. The van der Waals surface area contributed by atoms with Gasteiger partial charge in [-0.15, -0.1) is 0 Å². The average Bonchev–Trinajstić information content (AvgIpc) is 2.24. The zero-order valence-electron chi connectivity index (χ0n) is 12.0. The standard InChI is InChI=1S/C15H25N3/c1-15(2,3)13-8-11(10-16)9-14(17-13)18(4)12-6-5-7-12/h8-9,12H,5-7,10,16H2,1-4H3. The second-order valence-electron chi connectivity index (χ2n) is 6.37. The van der Waals surface area contributed by atoms with Crippen LogP contribution in [0.3, 0.4) is 0 Å². The highest BCUT2D eigenvalue weighted by molar-refractivity contribution is 5.44. The molecule has 1 fully saturated rings. The Morgan fingerprint density at radius 3 is 2.44 bits per heavy atom. The minimum atomic E-state index is 0.0698. The van der Waals surface area contributed by atoms with Crippen LogP contribution in [0.1, 0.15) is 51.3 Å². The van der Waals surface area contributed by atoms with Gasteiger partial charge in [-0.2, -0.15) is 0 Å². The van der Waals surface area contributed by atoms with Gasteiger partial charge in [0.15, 0.2) is 0 Å². The molecule has 1 aromatic rings. The van der Waals surface area contributed by atoms with Crippen LogP contribution in [0.2, 0.25) is 0 Å². The van der Waals surface area contributed by atoms with Crippen molar-refractivity contribution in [1.82, 2.24) is 4.98 Å². The van der Waals surface area contributed by atoms with E-state index in [1.165, 1.54) is 24.8 Å². The number of hydrogen-bond acceptors (Lipinski definition) is 3. The van der Waals surface area contributed by atoms with E-state index in [0.29, 0.717) is 12.6 Å². The second kappa shape index (κ2) is 4.88. The molecule has 1 aliphatic carbocycles. The first-order valence-corrected chi connectivity index (χ1v) is 6.86. The quantitative estimate of drug-likeness (QED) is 0.893. The number of nitrogens with two attached hydrogens (primary N) is 1. The van der Waals surface area contributed by atoms with Crippen molar-refractivity contribution in [3.63, 3.8) is 0 Å². The van der Waals surface area contributed by atoms with Gasteiger partial charge in [0.1, 0.15) is 5.82 Å². The molecule has 0 spiro atoms. The molecule has 2 rings (SSSR count). The fraction of sp³-hybridized carbons (Fsp3) is 0.667. The lowest BCUT2D eigenvalue weighted by molar-refractivity contribution is 0.398. The Bertz CT molecular complexity index is 416. The maximum Gasteiger partial charge on any atom is 0.129 e. The fourth-order valence-electron chi connectivity index (χ4n) is 2.21. The van der Waals surface area contributed by atoms with Crippen LogP contribution >= 0.6 is 0 Å². The largest absolute Gasteiger partial charge is 0.357 e. The summed E-state index contributed by atoms with van der Waals surface area (Å²) in [4.78, 5) is 7.14. The molecule has 1 heterocycles. The Hall–Kier alpha value is -1.09. The van der Waals surface area contributed by atoms with E-state index in [1.54, 1.807) is 0 Å². The Labute approximate surface area is 110 Å². The molecule has 0 bridgehead atoms. The van der Waals surface area contributed by atoms with Crippen LogP contribution in [-0.4, -0.2) is 18.1 Å². The summed E-state index contributed by atoms with van der Waals surface area (Å²) in [5, 5.41) is 0. The smallest absolute Gasteiger partial charge is 0.129 e. The van der Waals surface area contributed by atoms with Crippen LogP contribution in [-0.2, 0) is 12.0 Å². The van der Waals surface area contributed by atoms with Crippen LogP contribution in [0.5, 0.6) is 0 Å². The monoisotopic (exact) mass is 247 g/mol. The van der Waals surface area contributed by atoms with Gasteiger partial charge in [-0.25, -0.2) is 4.98 Å². The molecule has 0 atom stereocenters. The van der Waals surface area contributed by atoms with Crippen molar-refractivity contribution in [3.05, 3.63) is 23.4 Å². The van der Waals surface area contributed by atoms with Crippen LogP contribution in [0.25, 0.3) is 0 Å². The van der Waals surface area contributed by atoms with E-state index in [2.05, 4.69) is 44.9 Å². The molecular weight excluding hydrogens is 222 g/mol. The van der Waals surface area contributed by atoms with Crippen molar-refractivity contribution >= 4 is 5.82 Å². The van der Waals surface area contributed by atoms with E-state index in [9.17, 15) is 0 Å². The highest BCUT2D eigenvalue weighted by atomic mass is 15.2. The summed E-state index contributed by atoms with van der Waals surface area (Å²) in [6.45, 7) is 7.17. The number of anilines is 1. The molecule has 2 N–H and O–H groups in total. The molecule has 100 valence electrons. The number of pyridine rings is 1. The average molecular weight is 247 g/mol. The normalized spacial score (nSPS) is 16.5. The van der Waals surface area contributed by atoms with E-state index >= 15 is 0 Å². The molecular formula is C15H25N3. The molecule has 0 aliphatic heterocycles. The van der Waals surface area contributed by atoms with Gasteiger partial charge in [0, 0.05) is 30.7 Å². The Morgan fingerprint density at radius 1 is 1.33 bits per heavy atom. The van der Waals surface area contributed by atoms with Gasteiger partial charge in [-0.3, -0.25) is 0 Å². The number of nitrogens with zero attached hydrogens (tertiary/aromatic N) is 2. The van der Waals surface area contributed by atoms with Gasteiger partial charge in [0.2, 0.25) is 0 Å². The van der Waals surface area contributed by atoms with Gasteiger partial charge in [-0.1, -0.05) is 20.8 Å². The topological polar surface area (TPSA) is 42.1 Å². The summed E-state index contributed by atoms with van der Waals surface area (Å²) in [7, 11) is 2.15. The third-order valence-corrected chi connectivity index (χ3v) is 3.86. The van der Waals surface area contributed by atoms with Gasteiger partial charge in [0.25, 0.3) is 0 Å². The van der Waals surface area contributed by atoms with Gasteiger partial charge >= 0.3 is 0 Å². The molecule has 18 heavy (non-hydrogen) atoms. The number of rotatable bonds is 3. The molecule has 1 saturated carbocycles. The molecule has 0 amide bonds. The van der Waals surface area contributed by atoms with Crippen molar-refractivity contribution in [2.45, 2.75) is 58.0 Å². The summed E-state index contributed by atoms with van der Waals surface area (Å²) in [6.07, 6.45) is 3.92. The maximum absolute atomic E-state index is 5.81. The first kappa shape index (κ1) is 13.3. The van der Waals surface area contributed by atoms with Crippen LogP contribution in [0.4, 0.5) is 5.82 Å². The predicted octanol–water partition coefficient (Wildman–Crippen LogP) is 2.83. The van der Waals surface area contributed by atoms with Crippen molar-refractivity contribution in [2.75, 3.05) is 11.9 Å². The molecule has 0 unspecified atom stereocenters. The van der Waals surface area contributed by atoms with Crippen molar-refractivity contribution < 1.29 is 0 Å². The fourth-order valence-corrected chi connectivity index (χ4v) is 2.21. The SMILES string of the molecule is CN(c1cc(CN)cc(C(C)(C)C)n1)C1CCC1. The molecule has 0 radical (unpaired) electrons. The predicted molar refractivity (Wildman–Crippen MR) is 76.9 cm³/mol. The van der Waals surface area contributed by atoms with Crippen LogP contribution in [0.15, 0.2) is 12.1 Å². The Morgan fingerprint density at radius 2 is 2.00 bits per heavy atom. The third-order valence-electron chi connectivity index (χ3n) is 3.86. The lowest BCUT2D eigenvalue weighted by Gasteiger charge is -2.36. The van der Waals surface area contributed by atoms with E-state index in [1.807, 2.05) is 0 Å². The third kappa shape index (κ3) is 2.66. The van der Waals surface area contributed by atoms with Gasteiger partial charge in [0.05, 0.1) is 0 Å². The molecule has 3 nitrogen and oxygen atoms in total. The van der Waals surface area contributed by atoms with E-state index in [4.69, 9.17) is 10.7 Å². The second-order valence-corrected chi connectivity index (χ2v) is 6.37. The summed E-state index contributed by atoms with van der Waals surface area (Å²) < 4.78 is 0. The van der Waals surface area contributed by atoms with Crippen LogP contribution < -0.4 is 10.6 Å². The molecule has 3 heteroatoms. The van der Waals surface area contributed by atoms with Gasteiger partial charge < -0.3 is 10.6 Å². The van der Waals surface area contributed by atoms with Crippen LogP contribution in [0, 0.1) is 0 Å². The summed E-state index contributed by atoms with van der Waals surface area (Å²) in [5.41, 5.74) is 8.19. The molecule has 0 saturated heterocycles. The summed E-state index contributed by atoms with van der Waals surface area (Å²) in [6, 6.07) is 4.93. The van der Waals surface area contributed by atoms with Crippen molar-refractivity contribution in [3.8, 4) is 0 Å².